The summed E-state index contributed by atoms with van der Waals surface area (Å²) in [6, 6.07) is 13.3. The Morgan fingerprint density at radius 2 is 2.00 bits per heavy atom. The zero-order chi connectivity index (χ0) is 15.3. The second kappa shape index (κ2) is 4.95. The highest BCUT2D eigenvalue weighted by atomic mass is 79.9. The molecule has 0 atom stereocenters. The second-order valence-corrected chi connectivity index (χ2v) is 6.48. The number of aryl methyl sites for hydroxylation is 2. The number of nitro benzene ring substituents is 1. The minimum absolute atomic E-state index is 0.160. The normalized spacial score (nSPS) is 13.5. The fourth-order valence-electron chi connectivity index (χ4n) is 3.39. The van der Waals surface area contributed by atoms with Crippen molar-refractivity contribution >= 4 is 32.5 Å². The summed E-state index contributed by atoms with van der Waals surface area (Å²) >= 11 is 3.56. The summed E-state index contributed by atoms with van der Waals surface area (Å²) < 4.78 is 3.28. The lowest BCUT2D eigenvalue weighted by Crippen LogP contribution is -2.09. The molecule has 0 saturated heterocycles. The first kappa shape index (κ1) is 13.5. The minimum Gasteiger partial charge on any atom is -0.340 e. The number of benzene rings is 2. The summed E-state index contributed by atoms with van der Waals surface area (Å²) in [6.07, 6.45) is 2.11. The van der Waals surface area contributed by atoms with Gasteiger partial charge in [0, 0.05) is 22.5 Å². The number of nitrogens with zero attached hydrogens (tertiary/aromatic N) is 2. The highest BCUT2D eigenvalue weighted by molar-refractivity contribution is 9.10. The minimum atomic E-state index is -0.306. The van der Waals surface area contributed by atoms with Gasteiger partial charge in [0.25, 0.3) is 5.69 Å². The van der Waals surface area contributed by atoms with E-state index in [9.17, 15) is 10.1 Å². The van der Waals surface area contributed by atoms with E-state index in [0.717, 1.165) is 34.9 Å². The summed E-state index contributed by atoms with van der Waals surface area (Å²) in [5, 5.41) is 12.5. The van der Waals surface area contributed by atoms with E-state index in [-0.39, 0.29) is 10.6 Å². The second-order valence-electron chi connectivity index (χ2n) is 5.56. The van der Waals surface area contributed by atoms with Crippen LogP contribution in [0.1, 0.15) is 12.0 Å². The van der Waals surface area contributed by atoms with Crippen molar-refractivity contribution < 1.29 is 4.92 Å². The molecule has 0 unspecified atom stereocenters. The SMILES string of the molecule is O=[N+]([O-])c1ccccc1-c1cc2cc(Br)cc3c2n1CCC3. The van der Waals surface area contributed by atoms with E-state index in [4.69, 9.17) is 0 Å². The Morgan fingerprint density at radius 3 is 2.82 bits per heavy atom. The van der Waals surface area contributed by atoms with Gasteiger partial charge >= 0.3 is 0 Å². The van der Waals surface area contributed by atoms with Crippen LogP contribution < -0.4 is 0 Å². The smallest absolute Gasteiger partial charge is 0.278 e. The molecule has 2 aromatic carbocycles. The number of aromatic nitrogens is 1. The molecule has 0 radical (unpaired) electrons. The molecule has 0 fully saturated rings. The highest BCUT2D eigenvalue weighted by Gasteiger charge is 2.22. The van der Waals surface area contributed by atoms with Crippen molar-refractivity contribution in [3.05, 3.63) is 62.6 Å². The van der Waals surface area contributed by atoms with E-state index in [1.54, 1.807) is 12.1 Å². The highest BCUT2D eigenvalue weighted by Crippen LogP contribution is 2.38. The van der Waals surface area contributed by atoms with Crippen molar-refractivity contribution in [2.24, 2.45) is 0 Å². The summed E-state index contributed by atoms with van der Waals surface area (Å²) in [6.45, 7) is 0.902. The Morgan fingerprint density at radius 1 is 1.18 bits per heavy atom. The van der Waals surface area contributed by atoms with Crippen LogP contribution in [0.25, 0.3) is 22.2 Å². The number of hydrogen-bond acceptors (Lipinski definition) is 2. The van der Waals surface area contributed by atoms with Crippen LogP contribution >= 0.6 is 15.9 Å². The fraction of sp³-hybridized carbons (Fsp3) is 0.176. The molecule has 1 aliphatic heterocycles. The Kier molecular flexibility index (Phi) is 3.04. The molecule has 4 rings (SSSR count). The van der Waals surface area contributed by atoms with Crippen molar-refractivity contribution in [2.45, 2.75) is 19.4 Å². The van der Waals surface area contributed by atoms with Crippen LogP contribution in [0.5, 0.6) is 0 Å². The first-order valence-electron chi connectivity index (χ1n) is 7.20. The summed E-state index contributed by atoms with van der Waals surface area (Å²) in [7, 11) is 0. The average Bonchev–Trinajstić information content (AvgIpc) is 2.87. The zero-order valence-electron chi connectivity index (χ0n) is 11.8. The van der Waals surface area contributed by atoms with Gasteiger partial charge in [-0.25, -0.2) is 0 Å². The zero-order valence-corrected chi connectivity index (χ0v) is 13.3. The molecule has 0 spiro atoms. The van der Waals surface area contributed by atoms with E-state index >= 15 is 0 Å². The molecule has 0 aliphatic carbocycles. The Hall–Kier alpha value is -2.14. The summed E-state index contributed by atoms with van der Waals surface area (Å²) in [4.78, 5) is 11.0. The summed E-state index contributed by atoms with van der Waals surface area (Å²) in [5.74, 6) is 0. The van der Waals surface area contributed by atoms with Gasteiger partial charge in [0.1, 0.15) is 0 Å². The lowest BCUT2D eigenvalue weighted by Gasteiger charge is -2.18. The first-order chi connectivity index (χ1) is 10.6. The third kappa shape index (κ3) is 1.96. The molecule has 4 nitrogen and oxygen atoms in total. The molecule has 1 aromatic heterocycles. The van der Waals surface area contributed by atoms with E-state index in [1.165, 1.54) is 11.1 Å². The molecule has 0 N–H and O–H groups in total. The number of nitro groups is 1. The van der Waals surface area contributed by atoms with Crippen LogP contribution in [-0.4, -0.2) is 9.49 Å². The Labute approximate surface area is 135 Å². The molecule has 3 aromatic rings. The molecule has 22 heavy (non-hydrogen) atoms. The van der Waals surface area contributed by atoms with Gasteiger partial charge < -0.3 is 4.57 Å². The van der Waals surface area contributed by atoms with Gasteiger partial charge in [-0.3, -0.25) is 10.1 Å². The third-order valence-corrected chi connectivity index (χ3v) is 4.70. The van der Waals surface area contributed by atoms with E-state index in [0.29, 0.717) is 5.56 Å². The standard InChI is InChI=1S/C17H13BrN2O2/c18-13-8-11-4-3-7-19-16(10-12(9-13)17(11)19)14-5-1-2-6-15(14)20(21)22/h1-2,5-6,8-10H,3-4,7H2. The van der Waals surface area contributed by atoms with Gasteiger partial charge in [-0.2, -0.15) is 0 Å². The van der Waals surface area contributed by atoms with Gasteiger partial charge in [-0.05, 0) is 42.7 Å². The maximum atomic E-state index is 11.3. The van der Waals surface area contributed by atoms with Crippen LogP contribution in [-0.2, 0) is 13.0 Å². The number of rotatable bonds is 2. The average molecular weight is 357 g/mol. The van der Waals surface area contributed by atoms with Gasteiger partial charge in [0.2, 0.25) is 0 Å². The number of halogens is 1. The maximum absolute atomic E-state index is 11.3. The predicted molar refractivity (Wildman–Crippen MR) is 90.0 cm³/mol. The molecule has 110 valence electrons. The monoisotopic (exact) mass is 356 g/mol. The molecule has 2 heterocycles. The van der Waals surface area contributed by atoms with Crippen LogP contribution in [0.2, 0.25) is 0 Å². The number of hydrogen-bond donors (Lipinski definition) is 0. The van der Waals surface area contributed by atoms with Crippen LogP contribution in [0.15, 0.2) is 46.9 Å². The van der Waals surface area contributed by atoms with Crippen molar-refractivity contribution in [2.75, 3.05) is 0 Å². The molecule has 5 heteroatoms. The summed E-state index contributed by atoms with van der Waals surface area (Å²) in [5.41, 5.74) is 4.30. The molecule has 0 bridgehead atoms. The number of para-hydroxylation sites is 1. The van der Waals surface area contributed by atoms with E-state index < -0.39 is 0 Å². The van der Waals surface area contributed by atoms with Crippen molar-refractivity contribution in [3.8, 4) is 11.3 Å². The lowest BCUT2D eigenvalue weighted by molar-refractivity contribution is -0.384. The van der Waals surface area contributed by atoms with Crippen molar-refractivity contribution in [1.29, 1.82) is 0 Å². The van der Waals surface area contributed by atoms with E-state index in [2.05, 4.69) is 38.7 Å². The largest absolute Gasteiger partial charge is 0.340 e. The van der Waals surface area contributed by atoms with Crippen molar-refractivity contribution in [1.82, 2.24) is 4.57 Å². The molecular weight excluding hydrogens is 344 g/mol. The first-order valence-corrected chi connectivity index (χ1v) is 8.00. The predicted octanol–water partition coefficient (Wildman–Crippen LogP) is 4.93. The molecule has 0 amide bonds. The third-order valence-electron chi connectivity index (χ3n) is 4.24. The van der Waals surface area contributed by atoms with Gasteiger partial charge in [0.15, 0.2) is 0 Å². The fourth-order valence-corrected chi connectivity index (χ4v) is 3.91. The van der Waals surface area contributed by atoms with Crippen LogP contribution in [0.4, 0.5) is 5.69 Å². The van der Waals surface area contributed by atoms with Crippen molar-refractivity contribution in [3.63, 3.8) is 0 Å². The molecular formula is C17H13BrN2O2. The Balaban J connectivity index is 2.06. The van der Waals surface area contributed by atoms with Crippen LogP contribution in [0.3, 0.4) is 0 Å². The maximum Gasteiger partial charge on any atom is 0.278 e. The topological polar surface area (TPSA) is 48.1 Å². The quantitative estimate of drug-likeness (QED) is 0.483. The van der Waals surface area contributed by atoms with Crippen LogP contribution in [0, 0.1) is 10.1 Å². The van der Waals surface area contributed by atoms with Gasteiger partial charge in [-0.1, -0.05) is 28.1 Å². The molecule has 0 saturated carbocycles. The van der Waals surface area contributed by atoms with Gasteiger partial charge in [0.05, 0.1) is 21.7 Å². The molecule has 1 aliphatic rings. The van der Waals surface area contributed by atoms with E-state index in [1.807, 2.05) is 12.1 Å². The Bertz CT molecular complexity index is 914. The lowest BCUT2D eigenvalue weighted by atomic mass is 10.0. The van der Waals surface area contributed by atoms with Gasteiger partial charge in [-0.15, -0.1) is 0 Å².